The molecule has 0 N–H and O–H groups in total. The van der Waals surface area contributed by atoms with E-state index in [9.17, 15) is 9.59 Å². The molecule has 0 amide bonds. The van der Waals surface area contributed by atoms with Gasteiger partial charge in [-0.1, -0.05) is 111 Å². The van der Waals surface area contributed by atoms with E-state index in [4.69, 9.17) is 9.47 Å². The van der Waals surface area contributed by atoms with E-state index in [1.807, 2.05) is 86.6 Å². The number of carbonyl (C=O) groups is 2. The van der Waals surface area contributed by atoms with Crippen molar-refractivity contribution in [2.24, 2.45) is 0 Å². The van der Waals surface area contributed by atoms with Crippen LogP contribution >= 0.6 is 0 Å². The van der Waals surface area contributed by atoms with Crippen LogP contribution in [0.1, 0.15) is 70.4 Å². The highest BCUT2D eigenvalue weighted by Gasteiger charge is 2.39. The van der Waals surface area contributed by atoms with E-state index in [0.29, 0.717) is 24.0 Å². The minimum atomic E-state index is -0.445. The van der Waals surface area contributed by atoms with Gasteiger partial charge in [-0.15, -0.1) is 0 Å². The fraction of sp³-hybridized carbons (Fsp3) is 0.235. The number of hydrogen-bond donors (Lipinski definition) is 0. The summed E-state index contributed by atoms with van der Waals surface area (Å²) in [5, 5.41) is 0. The molecule has 38 heavy (non-hydrogen) atoms. The fourth-order valence-corrected chi connectivity index (χ4v) is 5.04. The third kappa shape index (κ3) is 6.57. The average molecular weight is 507 g/mol. The Hall–Kier alpha value is -4.18. The van der Waals surface area contributed by atoms with Gasteiger partial charge in [0.25, 0.3) is 0 Å². The Morgan fingerprint density at radius 2 is 0.789 bits per heavy atom. The van der Waals surface area contributed by atoms with Gasteiger partial charge in [0.05, 0.1) is 11.1 Å². The predicted molar refractivity (Wildman–Crippen MR) is 150 cm³/mol. The first-order chi connectivity index (χ1) is 18.6. The Labute approximate surface area is 225 Å². The number of benzene rings is 4. The molecule has 4 aromatic carbocycles. The van der Waals surface area contributed by atoms with Crippen LogP contribution in [0.3, 0.4) is 0 Å². The van der Waals surface area contributed by atoms with Crippen LogP contribution in [0, 0.1) is 0 Å². The Morgan fingerprint density at radius 3 is 1.08 bits per heavy atom. The zero-order valence-corrected chi connectivity index (χ0v) is 21.9. The lowest BCUT2D eigenvalue weighted by Gasteiger charge is -2.37. The van der Waals surface area contributed by atoms with Crippen LogP contribution in [0.25, 0.3) is 0 Å². The van der Waals surface area contributed by atoms with Crippen molar-refractivity contribution in [1.82, 2.24) is 0 Å². The van der Waals surface area contributed by atoms with Crippen LogP contribution in [0.15, 0.2) is 121 Å². The molecule has 0 aliphatic heterocycles. The van der Waals surface area contributed by atoms with Gasteiger partial charge in [0, 0.05) is 11.8 Å². The van der Waals surface area contributed by atoms with Crippen molar-refractivity contribution in [3.8, 4) is 0 Å². The van der Waals surface area contributed by atoms with Crippen LogP contribution < -0.4 is 0 Å². The molecular weight excluding hydrogens is 472 g/mol. The maximum atomic E-state index is 13.2. The first-order valence-corrected chi connectivity index (χ1v) is 13.2. The Bertz CT molecular complexity index is 1170. The topological polar surface area (TPSA) is 52.6 Å². The quantitative estimate of drug-likeness (QED) is 0.195. The standard InChI is InChI=1S/C34H34O4/c1-3-29(37-33(35)27-21-13-7-14-22-27)31(25-17-9-5-10-18-25)32(26-19-11-6-12-20-26)30(4-2)38-34(36)28-23-15-8-16-24-28/h5-24,29-32H,3-4H2,1-2H3. The lowest BCUT2D eigenvalue weighted by atomic mass is 9.73. The second-order valence-electron chi connectivity index (χ2n) is 9.31. The largest absolute Gasteiger partial charge is 0.458 e. The summed E-state index contributed by atoms with van der Waals surface area (Å²) >= 11 is 0. The molecule has 4 aromatic rings. The van der Waals surface area contributed by atoms with Crippen molar-refractivity contribution in [2.45, 2.75) is 50.7 Å². The monoisotopic (exact) mass is 506 g/mol. The second kappa shape index (κ2) is 13.4. The number of esters is 2. The van der Waals surface area contributed by atoms with Crippen molar-refractivity contribution >= 4 is 11.9 Å². The van der Waals surface area contributed by atoms with Crippen molar-refractivity contribution in [3.63, 3.8) is 0 Å². The van der Waals surface area contributed by atoms with Crippen molar-refractivity contribution < 1.29 is 19.1 Å². The maximum absolute atomic E-state index is 13.2. The number of hydrogen-bond acceptors (Lipinski definition) is 4. The van der Waals surface area contributed by atoms with Gasteiger partial charge in [0.15, 0.2) is 0 Å². The van der Waals surface area contributed by atoms with Crippen LogP contribution in [0.4, 0.5) is 0 Å². The van der Waals surface area contributed by atoms with Gasteiger partial charge < -0.3 is 9.47 Å². The molecule has 0 spiro atoms. The van der Waals surface area contributed by atoms with E-state index in [1.165, 1.54) is 0 Å². The van der Waals surface area contributed by atoms with E-state index in [-0.39, 0.29) is 23.8 Å². The molecule has 194 valence electrons. The van der Waals surface area contributed by atoms with Crippen molar-refractivity contribution in [1.29, 1.82) is 0 Å². The summed E-state index contributed by atoms with van der Waals surface area (Å²) in [5.74, 6) is -1.21. The lowest BCUT2D eigenvalue weighted by Crippen LogP contribution is -2.36. The lowest BCUT2D eigenvalue weighted by molar-refractivity contribution is -0.00282. The molecule has 0 heterocycles. The van der Waals surface area contributed by atoms with E-state index in [1.54, 1.807) is 24.3 Å². The number of rotatable bonds is 11. The van der Waals surface area contributed by atoms with Crippen molar-refractivity contribution in [3.05, 3.63) is 144 Å². The van der Waals surface area contributed by atoms with Gasteiger partial charge in [0.2, 0.25) is 0 Å². The summed E-state index contributed by atoms with van der Waals surface area (Å²) in [6.07, 6.45) is 0.314. The van der Waals surface area contributed by atoms with Gasteiger partial charge in [-0.3, -0.25) is 0 Å². The third-order valence-electron chi connectivity index (χ3n) is 6.90. The van der Waals surface area contributed by atoms with E-state index in [2.05, 4.69) is 24.3 Å². The molecule has 0 saturated heterocycles. The van der Waals surface area contributed by atoms with Gasteiger partial charge in [-0.05, 0) is 48.2 Å². The van der Waals surface area contributed by atoms with E-state index in [0.717, 1.165) is 11.1 Å². The second-order valence-corrected chi connectivity index (χ2v) is 9.31. The summed E-state index contributed by atoms with van der Waals surface area (Å²) < 4.78 is 12.4. The summed E-state index contributed by atoms with van der Waals surface area (Å²) in [5.41, 5.74) is 3.08. The summed E-state index contributed by atoms with van der Waals surface area (Å²) in [6, 6.07) is 38.3. The van der Waals surface area contributed by atoms with E-state index >= 15 is 0 Å². The SMILES string of the molecule is CCC(OC(=O)c1ccccc1)C(c1ccccc1)C(c1ccccc1)C(CC)OC(=O)c1ccccc1. The molecule has 0 saturated carbocycles. The van der Waals surface area contributed by atoms with Gasteiger partial charge in [0.1, 0.15) is 12.2 Å². The molecule has 0 fully saturated rings. The summed E-state index contributed by atoms with van der Waals surface area (Å²) in [6.45, 7) is 4.05. The number of carbonyl (C=O) groups excluding carboxylic acids is 2. The molecule has 0 aromatic heterocycles. The highest BCUT2D eigenvalue weighted by molar-refractivity contribution is 5.90. The van der Waals surface area contributed by atoms with E-state index < -0.39 is 12.2 Å². The minimum absolute atomic E-state index is 0.246. The third-order valence-corrected chi connectivity index (χ3v) is 6.90. The maximum Gasteiger partial charge on any atom is 0.338 e. The van der Waals surface area contributed by atoms with Gasteiger partial charge in [-0.25, -0.2) is 9.59 Å². The average Bonchev–Trinajstić information content (AvgIpc) is 2.99. The predicted octanol–water partition coefficient (Wildman–Crippen LogP) is 7.83. The molecular formula is C34H34O4. The molecule has 0 aliphatic carbocycles. The first-order valence-electron chi connectivity index (χ1n) is 13.2. The zero-order valence-electron chi connectivity index (χ0n) is 21.9. The number of ether oxygens (including phenoxy) is 2. The zero-order chi connectivity index (χ0) is 26.7. The Morgan fingerprint density at radius 1 is 0.500 bits per heavy atom. The minimum Gasteiger partial charge on any atom is -0.458 e. The summed E-state index contributed by atoms with van der Waals surface area (Å²) in [7, 11) is 0. The molecule has 0 aliphatic rings. The summed E-state index contributed by atoms with van der Waals surface area (Å²) in [4.78, 5) is 26.4. The molecule has 0 bridgehead atoms. The molecule has 4 atom stereocenters. The Kier molecular flexibility index (Phi) is 9.47. The molecule has 4 nitrogen and oxygen atoms in total. The smallest absolute Gasteiger partial charge is 0.338 e. The van der Waals surface area contributed by atoms with Gasteiger partial charge >= 0.3 is 11.9 Å². The molecule has 4 unspecified atom stereocenters. The van der Waals surface area contributed by atoms with Crippen LogP contribution in [0.5, 0.6) is 0 Å². The fourth-order valence-electron chi connectivity index (χ4n) is 5.04. The van der Waals surface area contributed by atoms with Crippen LogP contribution in [-0.4, -0.2) is 24.1 Å². The normalized spacial score (nSPS) is 14.1. The van der Waals surface area contributed by atoms with Crippen LogP contribution in [-0.2, 0) is 9.47 Å². The van der Waals surface area contributed by atoms with Crippen LogP contribution in [0.2, 0.25) is 0 Å². The van der Waals surface area contributed by atoms with Crippen molar-refractivity contribution in [2.75, 3.05) is 0 Å². The van der Waals surface area contributed by atoms with Gasteiger partial charge in [-0.2, -0.15) is 0 Å². The highest BCUT2D eigenvalue weighted by atomic mass is 16.6. The Balaban J connectivity index is 1.77. The highest BCUT2D eigenvalue weighted by Crippen LogP contribution is 2.42. The first kappa shape index (κ1) is 26.9. The molecule has 4 heteroatoms. The molecule has 0 radical (unpaired) electrons. The molecule has 4 rings (SSSR count).